The minimum atomic E-state index is -0.524. The number of carbonyl (C=O) groups excluding carboxylic acids is 1. The third-order valence-corrected chi connectivity index (χ3v) is 2.88. The maximum atomic E-state index is 11.3. The molecule has 5 nitrogen and oxygen atoms in total. The van der Waals surface area contributed by atoms with E-state index in [1.165, 1.54) is 0 Å². The van der Waals surface area contributed by atoms with Gasteiger partial charge in [-0.15, -0.1) is 0 Å². The number of hydroxylamine groups is 1. The Hall–Kier alpha value is -1.07. The number of esters is 1. The molecule has 0 amide bonds. The minimum absolute atomic E-state index is 0.105. The molecule has 16 heavy (non-hydrogen) atoms. The van der Waals surface area contributed by atoms with Crippen LogP contribution in [0.5, 0.6) is 0 Å². The molecule has 0 spiro atoms. The van der Waals surface area contributed by atoms with Crippen molar-refractivity contribution >= 4 is 5.97 Å². The molecule has 0 aromatic heterocycles. The second-order valence-corrected chi connectivity index (χ2v) is 3.88. The third kappa shape index (κ3) is 4.63. The Bertz CT molecular complexity index is 248. The molecule has 0 fully saturated rings. The lowest BCUT2D eigenvalue weighted by molar-refractivity contribution is -0.900. The molecule has 0 aliphatic heterocycles. The smallest absolute Gasteiger partial charge is 0.356 e. The van der Waals surface area contributed by atoms with Crippen molar-refractivity contribution in [1.82, 2.24) is 5.48 Å². The first-order valence-corrected chi connectivity index (χ1v) is 5.63. The maximum Gasteiger partial charge on any atom is 0.356 e. The van der Waals surface area contributed by atoms with Gasteiger partial charge in [-0.1, -0.05) is 0 Å². The van der Waals surface area contributed by atoms with Crippen molar-refractivity contribution in [1.29, 1.82) is 0 Å². The van der Waals surface area contributed by atoms with E-state index in [0.29, 0.717) is 13.2 Å². The van der Waals surface area contributed by atoms with Gasteiger partial charge in [0.05, 0.1) is 33.3 Å². The Kier molecular flexibility index (Phi) is 6.76. The first-order chi connectivity index (χ1) is 7.52. The summed E-state index contributed by atoms with van der Waals surface area (Å²) in [6.45, 7) is 8.82. The van der Waals surface area contributed by atoms with Crippen molar-refractivity contribution < 1.29 is 19.2 Å². The minimum Gasteiger partial charge on any atom is -0.461 e. The quantitative estimate of drug-likeness (QED) is 0.296. The summed E-state index contributed by atoms with van der Waals surface area (Å²) < 4.78 is 5.60. The Morgan fingerprint density at radius 1 is 1.38 bits per heavy atom. The SMILES string of the molecule is CCOC(=O)/C(=C\C[N+](C)(CC)CC)NO. The van der Waals surface area contributed by atoms with Gasteiger partial charge in [0.15, 0.2) is 0 Å². The Morgan fingerprint density at radius 3 is 2.31 bits per heavy atom. The van der Waals surface area contributed by atoms with Crippen molar-refractivity contribution in [2.24, 2.45) is 0 Å². The van der Waals surface area contributed by atoms with E-state index in [1.807, 2.05) is 5.48 Å². The topological polar surface area (TPSA) is 58.6 Å². The summed E-state index contributed by atoms with van der Waals surface area (Å²) in [5.41, 5.74) is 1.99. The van der Waals surface area contributed by atoms with Gasteiger partial charge in [-0.3, -0.25) is 10.7 Å². The Labute approximate surface area is 97.2 Å². The highest BCUT2D eigenvalue weighted by atomic mass is 16.5. The molecule has 0 aromatic carbocycles. The average molecular weight is 231 g/mol. The van der Waals surface area contributed by atoms with Crippen LogP contribution in [0.25, 0.3) is 0 Å². The van der Waals surface area contributed by atoms with Crippen LogP contribution in [0.1, 0.15) is 20.8 Å². The lowest BCUT2D eigenvalue weighted by Gasteiger charge is -2.30. The van der Waals surface area contributed by atoms with E-state index < -0.39 is 5.97 Å². The van der Waals surface area contributed by atoms with E-state index in [9.17, 15) is 4.79 Å². The van der Waals surface area contributed by atoms with Crippen molar-refractivity contribution in [3.8, 4) is 0 Å². The zero-order valence-electron chi connectivity index (χ0n) is 10.6. The fourth-order valence-corrected chi connectivity index (χ4v) is 1.18. The molecule has 0 aliphatic carbocycles. The summed E-state index contributed by atoms with van der Waals surface area (Å²) in [6, 6.07) is 0. The highest BCUT2D eigenvalue weighted by Crippen LogP contribution is 2.03. The zero-order chi connectivity index (χ0) is 12.6. The Morgan fingerprint density at radius 2 is 1.94 bits per heavy atom. The molecule has 0 radical (unpaired) electrons. The largest absolute Gasteiger partial charge is 0.461 e. The van der Waals surface area contributed by atoms with Crippen LogP contribution in [0.4, 0.5) is 0 Å². The second kappa shape index (κ2) is 7.24. The van der Waals surface area contributed by atoms with Crippen LogP contribution in [0.3, 0.4) is 0 Å². The summed E-state index contributed by atoms with van der Waals surface area (Å²) in [7, 11) is 2.09. The van der Waals surface area contributed by atoms with Gasteiger partial charge in [-0.2, -0.15) is 0 Å². The number of nitrogens with one attached hydrogen (secondary N) is 1. The molecule has 0 heterocycles. The zero-order valence-corrected chi connectivity index (χ0v) is 10.6. The molecule has 2 N–H and O–H groups in total. The number of hydrogen-bond acceptors (Lipinski definition) is 4. The molecule has 5 heteroatoms. The average Bonchev–Trinajstić information content (AvgIpc) is 2.30. The molecule has 0 rings (SSSR count). The van der Waals surface area contributed by atoms with Gasteiger partial charge in [0, 0.05) is 6.08 Å². The molecule has 0 saturated carbocycles. The van der Waals surface area contributed by atoms with Crippen molar-refractivity contribution in [3.05, 3.63) is 11.8 Å². The molecule has 0 aliphatic rings. The van der Waals surface area contributed by atoms with Crippen molar-refractivity contribution in [2.45, 2.75) is 20.8 Å². The van der Waals surface area contributed by atoms with Crippen LogP contribution < -0.4 is 5.48 Å². The molecular weight excluding hydrogens is 208 g/mol. The molecule has 0 unspecified atom stereocenters. The molecular formula is C11H23N2O3+. The number of rotatable bonds is 7. The lowest BCUT2D eigenvalue weighted by atomic mass is 10.3. The second-order valence-electron chi connectivity index (χ2n) is 3.88. The number of likely N-dealkylation sites (N-methyl/N-ethyl adjacent to an activating group) is 1. The molecule has 0 atom stereocenters. The summed E-state index contributed by atoms with van der Waals surface area (Å²) in [5, 5.41) is 8.84. The van der Waals surface area contributed by atoms with Gasteiger partial charge in [-0.25, -0.2) is 4.79 Å². The van der Waals surface area contributed by atoms with E-state index in [2.05, 4.69) is 20.9 Å². The monoisotopic (exact) mass is 231 g/mol. The lowest BCUT2D eigenvalue weighted by Crippen LogP contribution is -2.44. The van der Waals surface area contributed by atoms with Crippen LogP contribution >= 0.6 is 0 Å². The van der Waals surface area contributed by atoms with E-state index in [0.717, 1.165) is 17.6 Å². The maximum absolute atomic E-state index is 11.3. The van der Waals surface area contributed by atoms with E-state index in [-0.39, 0.29) is 5.70 Å². The van der Waals surface area contributed by atoms with Gasteiger partial charge in [0.1, 0.15) is 5.70 Å². The van der Waals surface area contributed by atoms with E-state index in [1.54, 1.807) is 13.0 Å². The predicted molar refractivity (Wildman–Crippen MR) is 61.8 cm³/mol. The van der Waals surface area contributed by atoms with Crippen LogP contribution in [-0.2, 0) is 9.53 Å². The number of hydrogen-bond donors (Lipinski definition) is 2. The van der Waals surface area contributed by atoms with Crippen molar-refractivity contribution in [3.63, 3.8) is 0 Å². The third-order valence-electron chi connectivity index (χ3n) is 2.88. The summed E-state index contributed by atoms with van der Waals surface area (Å²) >= 11 is 0. The summed E-state index contributed by atoms with van der Waals surface area (Å²) in [5.74, 6) is -0.524. The van der Waals surface area contributed by atoms with Gasteiger partial charge < -0.3 is 9.22 Å². The van der Waals surface area contributed by atoms with Gasteiger partial charge in [-0.05, 0) is 20.8 Å². The number of ether oxygens (including phenoxy) is 1. The van der Waals surface area contributed by atoms with Gasteiger partial charge in [0.2, 0.25) is 0 Å². The molecule has 0 bridgehead atoms. The summed E-state index contributed by atoms with van der Waals surface area (Å²) in [6.07, 6.45) is 1.67. The van der Waals surface area contributed by atoms with Crippen LogP contribution in [0.15, 0.2) is 11.8 Å². The van der Waals surface area contributed by atoms with E-state index >= 15 is 0 Å². The fraction of sp³-hybridized carbons (Fsp3) is 0.727. The first-order valence-electron chi connectivity index (χ1n) is 5.63. The highest BCUT2D eigenvalue weighted by Gasteiger charge is 2.17. The van der Waals surface area contributed by atoms with Crippen LogP contribution in [0.2, 0.25) is 0 Å². The molecule has 0 aromatic rings. The number of nitrogens with zero attached hydrogens (tertiary/aromatic N) is 1. The van der Waals surface area contributed by atoms with Gasteiger partial charge in [0.25, 0.3) is 0 Å². The normalized spacial score (nSPS) is 12.4. The van der Waals surface area contributed by atoms with Crippen molar-refractivity contribution in [2.75, 3.05) is 33.3 Å². The highest BCUT2D eigenvalue weighted by molar-refractivity contribution is 5.87. The first kappa shape index (κ1) is 14.9. The van der Waals surface area contributed by atoms with Gasteiger partial charge >= 0.3 is 5.97 Å². The molecule has 94 valence electrons. The number of quaternary nitrogens is 1. The standard InChI is InChI=1S/C11H23N2O3/c1-5-13(4,6-2)9-8-10(12-15)11(14)16-7-3/h8,12,15H,5-7,9H2,1-4H3/q+1/b10-8+. The van der Waals surface area contributed by atoms with Crippen LogP contribution in [0, 0.1) is 0 Å². The van der Waals surface area contributed by atoms with E-state index in [4.69, 9.17) is 9.94 Å². The van der Waals surface area contributed by atoms with Crippen LogP contribution in [-0.4, -0.2) is 48.9 Å². The summed E-state index contributed by atoms with van der Waals surface area (Å²) in [4.78, 5) is 11.3. The predicted octanol–water partition coefficient (Wildman–Crippen LogP) is 0.899. The molecule has 0 saturated heterocycles. The fourth-order valence-electron chi connectivity index (χ4n) is 1.18. The number of carbonyl (C=O) groups is 1. The Balaban J connectivity index is 4.53.